The SMILES string of the molecule is CCOP(=O)(CCCCn1c2ccc(C#N)cc2c2cc(C#N)ccc21)OCC. The van der Waals surface area contributed by atoms with Gasteiger partial charge in [0.1, 0.15) is 0 Å². The zero-order chi connectivity index (χ0) is 20.9. The van der Waals surface area contributed by atoms with Gasteiger partial charge in [-0.2, -0.15) is 10.5 Å². The van der Waals surface area contributed by atoms with Crippen molar-refractivity contribution in [1.29, 1.82) is 10.5 Å². The van der Waals surface area contributed by atoms with Crippen LogP contribution in [-0.2, 0) is 20.2 Å². The van der Waals surface area contributed by atoms with Gasteiger partial charge in [-0.15, -0.1) is 0 Å². The van der Waals surface area contributed by atoms with Gasteiger partial charge in [0.15, 0.2) is 0 Å². The lowest BCUT2D eigenvalue weighted by molar-refractivity contribution is 0.219. The van der Waals surface area contributed by atoms with Crippen molar-refractivity contribution in [2.75, 3.05) is 19.4 Å². The molecule has 0 atom stereocenters. The van der Waals surface area contributed by atoms with Crippen molar-refractivity contribution < 1.29 is 13.6 Å². The second kappa shape index (κ2) is 9.25. The molecule has 0 N–H and O–H groups in total. The Morgan fingerprint density at radius 2 is 1.41 bits per heavy atom. The molecule has 0 spiro atoms. The minimum atomic E-state index is -3.02. The van der Waals surface area contributed by atoms with Gasteiger partial charge in [-0.05, 0) is 63.1 Å². The van der Waals surface area contributed by atoms with Crippen molar-refractivity contribution in [3.05, 3.63) is 47.5 Å². The predicted molar refractivity (Wildman–Crippen MR) is 114 cm³/mol. The number of hydrogen-bond donors (Lipinski definition) is 0. The zero-order valence-electron chi connectivity index (χ0n) is 16.7. The van der Waals surface area contributed by atoms with Crippen LogP contribution >= 0.6 is 7.60 Å². The van der Waals surface area contributed by atoms with Crippen molar-refractivity contribution in [3.8, 4) is 12.1 Å². The number of hydrogen-bond acceptors (Lipinski definition) is 5. The Hall–Kier alpha value is -2.63. The first-order valence-corrected chi connectivity index (χ1v) is 11.5. The highest BCUT2D eigenvalue weighted by atomic mass is 31.2. The third-order valence-corrected chi connectivity index (χ3v) is 7.01. The van der Waals surface area contributed by atoms with Gasteiger partial charge >= 0.3 is 7.60 Å². The van der Waals surface area contributed by atoms with Crippen molar-refractivity contribution >= 4 is 29.4 Å². The molecule has 6 nitrogen and oxygen atoms in total. The molecule has 0 aliphatic heterocycles. The Morgan fingerprint density at radius 3 is 1.86 bits per heavy atom. The number of aryl methyl sites for hydroxylation is 1. The Balaban J connectivity index is 1.88. The molecule has 3 aromatic rings. The van der Waals surface area contributed by atoms with Crippen LogP contribution in [0.1, 0.15) is 37.8 Å². The van der Waals surface area contributed by atoms with Gasteiger partial charge in [0.05, 0.1) is 42.6 Å². The lowest BCUT2D eigenvalue weighted by atomic mass is 10.1. The quantitative estimate of drug-likeness (QED) is 0.340. The van der Waals surface area contributed by atoms with E-state index in [1.54, 1.807) is 12.1 Å². The first kappa shape index (κ1) is 21.1. The largest absolute Gasteiger partial charge is 0.340 e. The maximum atomic E-state index is 12.6. The highest BCUT2D eigenvalue weighted by Gasteiger charge is 2.22. The molecule has 0 unspecified atom stereocenters. The summed E-state index contributed by atoms with van der Waals surface area (Å²) in [5.74, 6) is 0. The zero-order valence-corrected chi connectivity index (χ0v) is 17.6. The predicted octanol–water partition coefficient (Wildman–Crippen LogP) is 5.58. The molecule has 0 bridgehead atoms. The van der Waals surface area contributed by atoms with E-state index >= 15 is 0 Å². The first-order chi connectivity index (χ1) is 14.0. The van der Waals surface area contributed by atoms with Gasteiger partial charge in [-0.25, -0.2) is 0 Å². The molecule has 0 saturated carbocycles. The summed E-state index contributed by atoms with van der Waals surface area (Å²) < 4.78 is 25.5. The smallest absolute Gasteiger partial charge is 0.330 e. The molecule has 0 saturated heterocycles. The summed E-state index contributed by atoms with van der Waals surface area (Å²) in [5, 5.41) is 20.4. The molecular weight excluding hydrogens is 385 g/mol. The van der Waals surface area contributed by atoms with E-state index < -0.39 is 7.60 Å². The highest BCUT2D eigenvalue weighted by Crippen LogP contribution is 2.48. The van der Waals surface area contributed by atoms with E-state index in [0.29, 0.717) is 36.9 Å². The van der Waals surface area contributed by atoms with E-state index in [1.165, 1.54) is 0 Å². The Bertz CT molecular complexity index is 1070. The highest BCUT2D eigenvalue weighted by molar-refractivity contribution is 7.53. The summed E-state index contributed by atoms with van der Waals surface area (Å²) >= 11 is 0. The standard InChI is InChI=1S/C22H24N3O3P/c1-3-27-29(26,28-4-2)12-6-5-11-25-21-9-7-17(15-23)13-19(21)20-14-18(16-24)8-10-22(20)25/h7-10,13-14H,3-6,11-12H2,1-2H3. The van der Waals surface area contributed by atoms with Gasteiger partial charge in [-0.1, -0.05) is 0 Å². The van der Waals surface area contributed by atoms with Gasteiger partial charge in [0.25, 0.3) is 0 Å². The van der Waals surface area contributed by atoms with Crippen LogP contribution in [0.25, 0.3) is 21.8 Å². The maximum absolute atomic E-state index is 12.6. The molecule has 29 heavy (non-hydrogen) atoms. The minimum absolute atomic E-state index is 0.368. The molecule has 1 heterocycles. The summed E-state index contributed by atoms with van der Waals surface area (Å²) in [6, 6.07) is 15.6. The van der Waals surface area contributed by atoms with Crippen LogP contribution in [-0.4, -0.2) is 23.9 Å². The molecule has 1 aromatic heterocycles. The average molecular weight is 409 g/mol. The van der Waals surface area contributed by atoms with Crippen molar-refractivity contribution in [3.63, 3.8) is 0 Å². The number of aromatic nitrogens is 1. The number of nitrogens with zero attached hydrogens (tertiary/aromatic N) is 3. The molecule has 0 amide bonds. The fourth-order valence-electron chi connectivity index (χ4n) is 3.62. The summed E-state index contributed by atoms with van der Waals surface area (Å²) in [5.41, 5.74) is 3.22. The van der Waals surface area contributed by atoms with Crippen LogP contribution in [0.15, 0.2) is 36.4 Å². The number of unbranched alkanes of at least 4 members (excludes halogenated alkanes) is 1. The van der Waals surface area contributed by atoms with Crippen molar-refractivity contribution in [2.45, 2.75) is 33.2 Å². The van der Waals surface area contributed by atoms with Crippen molar-refractivity contribution in [1.82, 2.24) is 4.57 Å². The monoisotopic (exact) mass is 409 g/mol. The molecule has 0 radical (unpaired) electrons. The Morgan fingerprint density at radius 1 is 0.897 bits per heavy atom. The summed E-state index contributed by atoms with van der Waals surface area (Å²) in [4.78, 5) is 0. The van der Waals surface area contributed by atoms with E-state index in [9.17, 15) is 15.1 Å². The fourth-order valence-corrected chi connectivity index (χ4v) is 5.35. The van der Waals surface area contributed by atoms with E-state index in [-0.39, 0.29) is 0 Å². The summed E-state index contributed by atoms with van der Waals surface area (Å²) in [6.45, 7) is 5.10. The van der Waals surface area contributed by atoms with E-state index in [4.69, 9.17) is 9.05 Å². The first-order valence-electron chi connectivity index (χ1n) is 9.79. The number of benzene rings is 2. The lowest BCUT2D eigenvalue weighted by Gasteiger charge is -2.17. The molecule has 3 rings (SSSR count). The third-order valence-electron chi connectivity index (χ3n) is 4.84. The van der Waals surface area contributed by atoms with Crippen LogP contribution in [0.3, 0.4) is 0 Å². The maximum Gasteiger partial charge on any atom is 0.330 e. The second-order valence-electron chi connectivity index (χ2n) is 6.72. The van der Waals surface area contributed by atoms with E-state index in [1.807, 2.05) is 38.1 Å². The normalized spacial score (nSPS) is 11.6. The van der Waals surface area contributed by atoms with Crippen LogP contribution in [0.2, 0.25) is 0 Å². The number of rotatable bonds is 9. The molecule has 0 aliphatic rings. The van der Waals surface area contributed by atoms with Gasteiger partial charge in [0, 0.05) is 28.4 Å². The molecule has 2 aromatic carbocycles. The van der Waals surface area contributed by atoms with Gasteiger partial charge in [0.2, 0.25) is 0 Å². The van der Waals surface area contributed by atoms with Crippen LogP contribution in [0.4, 0.5) is 0 Å². The Labute approximate surface area is 170 Å². The lowest BCUT2D eigenvalue weighted by Crippen LogP contribution is -2.03. The van der Waals surface area contributed by atoms with E-state index in [0.717, 1.165) is 34.8 Å². The van der Waals surface area contributed by atoms with Crippen LogP contribution in [0.5, 0.6) is 0 Å². The summed E-state index contributed by atoms with van der Waals surface area (Å²) in [6.07, 6.45) is 1.91. The topological polar surface area (TPSA) is 88.0 Å². The van der Waals surface area contributed by atoms with Gasteiger partial charge in [-0.3, -0.25) is 4.57 Å². The Kier molecular flexibility index (Phi) is 6.72. The van der Waals surface area contributed by atoms with Crippen LogP contribution < -0.4 is 0 Å². The number of fused-ring (bicyclic) bond motifs is 3. The number of nitriles is 2. The third kappa shape index (κ3) is 4.52. The molecule has 7 heteroatoms. The molecule has 0 aliphatic carbocycles. The summed E-state index contributed by atoms with van der Waals surface area (Å²) in [7, 11) is -3.02. The average Bonchev–Trinajstić information content (AvgIpc) is 3.03. The molecular formula is C22H24N3O3P. The fraction of sp³-hybridized carbons (Fsp3) is 0.364. The minimum Gasteiger partial charge on any atom is -0.340 e. The van der Waals surface area contributed by atoms with Crippen LogP contribution in [0, 0.1) is 22.7 Å². The second-order valence-corrected chi connectivity index (χ2v) is 8.90. The van der Waals surface area contributed by atoms with E-state index in [2.05, 4.69) is 16.7 Å². The molecule has 150 valence electrons. The van der Waals surface area contributed by atoms with Gasteiger partial charge < -0.3 is 13.6 Å². The molecule has 0 fully saturated rings. The van der Waals surface area contributed by atoms with Crippen molar-refractivity contribution in [2.24, 2.45) is 0 Å².